The molecule has 2 aromatic carbocycles. The van der Waals surface area contributed by atoms with Gasteiger partial charge in [0, 0.05) is 5.56 Å². The maximum atomic E-state index is 12.2. The summed E-state index contributed by atoms with van der Waals surface area (Å²) in [6, 6.07) is 18.3. The molecule has 0 aliphatic carbocycles. The third kappa shape index (κ3) is 7.06. The predicted octanol–water partition coefficient (Wildman–Crippen LogP) is 3.16. The smallest absolute Gasteiger partial charge is 0.338 e. The minimum atomic E-state index is -0.818. The number of carbonyl (C=O) groups is 3. The summed E-state index contributed by atoms with van der Waals surface area (Å²) in [7, 11) is 0. The Kier molecular flexibility index (Phi) is 8.56. The van der Waals surface area contributed by atoms with E-state index in [-0.39, 0.29) is 6.61 Å². The molecule has 0 fully saturated rings. The molecule has 0 bridgehead atoms. The van der Waals surface area contributed by atoms with E-state index < -0.39 is 23.8 Å². The number of para-hydroxylation sites is 1. The van der Waals surface area contributed by atoms with E-state index in [0.717, 1.165) is 0 Å². The first kappa shape index (κ1) is 24.2. The zero-order chi connectivity index (χ0) is 24.3. The Morgan fingerprint density at radius 2 is 1.85 bits per heavy atom. The van der Waals surface area contributed by atoms with E-state index in [2.05, 4.69) is 15.8 Å². The molecule has 3 aromatic rings. The molecule has 3 rings (SSSR count). The molecule has 34 heavy (non-hydrogen) atoms. The fourth-order valence-corrected chi connectivity index (χ4v) is 2.86. The average Bonchev–Trinajstić information content (AvgIpc) is 3.32. The lowest BCUT2D eigenvalue weighted by Gasteiger charge is -2.12. The van der Waals surface area contributed by atoms with Gasteiger partial charge in [-0.1, -0.05) is 30.3 Å². The molecule has 2 amide bonds. The molecule has 9 heteroatoms. The fraction of sp³-hybridized carbons (Fsp3) is 0.200. The maximum absolute atomic E-state index is 12.2. The van der Waals surface area contributed by atoms with Crippen molar-refractivity contribution in [1.82, 2.24) is 10.7 Å². The highest BCUT2D eigenvalue weighted by Gasteiger charge is 2.15. The third-order valence-corrected chi connectivity index (χ3v) is 4.54. The lowest BCUT2D eigenvalue weighted by molar-refractivity contribution is -0.129. The van der Waals surface area contributed by atoms with E-state index in [1.54, 1.807) is 67.6 Å². The third-order valence-electron chi connectivity index (χ3n) is 4.54. The van der Waals surface area contributed by atoms with Crippen molar-refractivity contribution < 1.29 is 28.3 Å². The van der Waals surface area contributed by atoms with Crippen molar-refractivity contribution in [2.24, 2.45) is 5.10 Å². The van der Waals surface area contributed by atoms with Crippen LogP contribution in [0.1, 0.15) is 30.0 Å². The van der Waals surface area contributed by atoms with Crippen LogP contribution in [0.3, 0.4) is 0 Å². The Bertz CT molecular complexity index is 1160. The number of hydrogen-bond donors (Lipinski definition) is 2. The average molecular weight is 463 g/mol. The second kappa shape index (κ2) is 12.0. The Morgan fingerprint density at radius 1 is 1.06 bits per heavy atom. The van der Waals surface area contributed by atoms with Crippen LogP contribution in [0.15, 0.2) is 76.2 Å². The number of amides is 2. The van der Waals surface area contributed by atoms with Crippen LogP contribution < -0.4 is 15.5 Å². The predicted molar refractivity (Wildman–Crippen MR) is 125 cm³/mol. The molecule has 1 heterocycles. The van der Waals surface area contributed by atoms with Crippen LogP contribution in [0.4, 0.5) is 0 Å². The van der Waals surface area contributed by atoms with Crippen molar-refractivity contribution in [3.63, 3.8) is 0 Å². The van der Waals surface area contributed by atoms with Gasteiger partial charge in [0.25, 0.3) is 11.8 Å². The van der Waals surface area contributed by atoms with Gasteiger partial charge in [-0.25, -0.2) is 10.2 Å². The molecule has 1 atom stereocenters. The number of nitrogens with one attached hydrogen (secondary N) is 2. The Morgan fingerprint density at radius 3 is 2.62 bits per heavy atom. The lowest BCUT2D eigenvalue weighted by Crippen LogP contribution is -2.45. The first-order chi connectivity index (χ1) is 16.5. The van der Waals surface area contributed by atoms with Crippen LogP contribution in [0.25, 0.3) is 11.3 Å². The van der Waals surface area contributed by atoms with Crippen molar-refractivity contribution in [2.45, 2.75) is 19.9 Å². The highest BCUT2D eigenvalue weighted by atomic mass is 16.5. The molecule has 0 aliphatic rings. The number of furan rings is 1. The van der Waals surface area contributed by atoms with Gasteiger partial charge in [0.2, 0.25) is 0 Å². The van der Waals surface area contributed by atoms with Gasteiger partial charge in [-0.15, -0.1) is 0 Å². The van der Waals surface area contributed by atoms with E-state index >= 15 is 0 Å². The van der Waals surface area contributed by atoms with Crippen molar-refractivity contribution in [3.8, 4) is 17.1 Å². The van der Waals surface area contributed by atoms with E-state index in [9.17, 15) is 14.4 Å². The van der Waals surface area contributed by atoms with Gasteiger partial charge in [0.1, 0.15) is 23.3 Å². The summed E-state index contributed by atoms with van der Waals surface area (Å²) in [4.78, 5) is 36.1. The standard InChI is InChI=1S/C25H25N3O6/c1-3-32-25(31)19-9-7-8-18(14-19)22-13-12-21(34-22)15-26-28-24(30)17(2)27-23(29)16-33-20-10-5-4-6-11-20/h4-15,17H,3,16H2,1-2H3,(H,27,29)(H,28,30)/b26-15-/t17-/m1/s1. The maximum Gasteiger partial charge on any atom is 0.338 e. The normalized spacial score (nSPS) is 11.6. The fourth-order valence-electron chi connectivity index (χ4n) is 2.86. The molecule has 1 aromatic heterocycles. The lowest BCUT2D eigenvalue weighted by atomic mass is 10.1. The molecule has 9 nitrogen and oxygen atoms in total. The van der Waals surface area contributed by atoms with Gasteiger partial charge in [-0.2, -0.15) is 5.10 Å². The molecular weight excluding hydrogens is 438 g/mol. The quantitative estimate of drug-likeness (QED) is 0.271. The van der Waals surface area contributed by atoms with Gasteiger partial charge in [-0.3, -0.25) is 9.59 Å². The van der Waals surface area contributed by atoms with Gasteiger partial charge in [0.05, 0.1) is 18.4 Å². The minimum Gasteiger partial charge on any atom is -0.484 e. The van der Waals surface area contributed by atoms with E-state index in [1.165, 1.54) is 13.1 Å². The molecule has 2 N–H and O–H groups in total. The van der Waals surface area contributed by atoms with Gasteiger partial charge in [-0.05, 0) is 50.2 Å². The number of nitrogens with zero attached hydrogens (tertiary/aromatic N) is 1. The largest absolute Gasteiger partial charge is 0.484 e. The van der Waals surface area contributed by atoms with Crippen LogP contribution in [-0.4, -0.2) is 43.3 Å². The number of rotatable bonds is 10. The monoisotopic (exact) mass is 463 g/mol. The Balaban J connectivity index is 1.49. The van der Waals surface area contributed by atoms with Crippen molar-refractivity contribution >= 4 is 24.0 Å². The van der Waals surface area contributed by atoms with E-state index in [1.807, 2.05) is 6.07 Å². The molecule has 0 spiro atoms. The second-order valence-corrected chi connectivity index (χ2v) is 7.13. The number of ether oxygens (including phenoxy) is 2. The van der Waals surface area contributed by atoms with Crippen LogP contribution in [0.2, 0.25) is 0 Å². The molecule has 176 valence electrons. The summed E-state index contributed by atoms with van der Waals surface area (Å²) < 4.78 is 16.1. The highest BCUT2D eigenvalue weighted by molar-refractivity contribution is 5.91. The Labute approximate surface area is 196 Å². The molecular formula is C25H25N3O6. The summed E-state index contributed by atoms with van der Waals surface area (Å²) in [5, 5.41) is 6.40. The zero-order valence-electron chi connectivity index (χ0n) is 18.8. The summed E-state index contributed by atoms with van der Waals surface area (Å²) in [6.07, 6.45) is 1.34. The number of benzene rings is 2. The summed E-state index contributed by atoms with van der Waals surface area (Å²) in [6.45, 7) is 3.36. The SMILES string of the molecule is CCOC(=O)c1cccc(-c2ccc(/C=N\NC(=O)[C@@H](C)NC(=O)COc3ccccc3)o2)c1. The van der Waals surface area contributed by atoms with Crippen LogP contribution in [-0.2, 0) is 14.3 Å². The number of esters is 1. The summed E-state index contributed by atoms with van der Waals surface area (Å²) >= 11 is 0. The Hall–Kier alpha value is -4.40. The van der Waals surface area contributed by atoms with Crippen molar-refractivity contribution in [2.75, 3.05) is 13.2 Å². The highest BCUT2D eigenvalue weighted by Crippen LogP contribution is 2.23. The van der Waals surface area contributed by atoms with Crippen molar-refractivity contribution in [3.05, 3.63) is 78.1 Å². The van der Waals surface area contributed by atoms with Crippen LogP contribution in [0, 0.1) is 0 Å². The topological polar surface area (TPSA) is 119 Å². The second-order valence-electron chi connectivity index (χ2n) is 7.13. The molecule has 0 saturated heterocycles. The first-order valence-electron chi connectivity index (χ1n) is 10.6. The molecule has 0 saturated carbocycles. The van der Waals surface area contributed by atoms with Gasteiger partial charge >= 0.3 is 5.97 Å². The summed E-state index contributed by atoms with van der Waals surface area (Å²) in [5.41, 5.74) is 3.47. The zero-order valence-corrected chi connectivity index (χ0v) is 18.8. The van der Waals surface area contributed by atoms with Crippen molar-refractivity contribution in [1.29, 1.82) is 0 Å². The van der Waals surface area contributed by atoms with Crippen LogP contribution in [0.5, 0.6) is 5.75 Å². The minimum absolute atomic E-state index is 0.211. The van der Waals surface area contributed by atoms with E-state index in [4.69, 9.17) is 13.9 Å². The number of carbonyl (C=O) groups excluding carboxylic acids is 3. The number of hydrazone groups is 1. The first-order valence-corrected chi connectivity index (χ1v) is 10.6. The van der Waals surface area contributed by atoms with Gasteiger partial charge in [0.15, 0.2) is 6.61 Å². The number of hydrogen-bond acceptors (Lipinski definition) is 7. The molecule has 0 unspecified atom stereocenters. The summed E-state index contributed by atoms with van der Waals surface area (Å²) in [5.74, 6) is 0.134. The van der Waals surface area contributed by atoms with Gasteiger partial charge < -0.3 is 19.2 Å². The molecule has 0 radical (unpaired) electrons. The van der Waals surface area contributed by atoms with E-state index in [0.29, 0.717) is 35.0 Å². The van der Waals surface area contributed by atoms with Crippen LogP contribution >= 0.6 is 0 Å². The molecule has 0 aliphatic heterocycles.